The molecule has 0 spiro atoms. The molecule has 3 N–H and O–H groups in total. The summed E-state index contributed by atoms with van der Waals surface area (Å²) in [6.07, 6.45) is 18.8. The molecule has 0 radical (unpaired) electrons. The largest absolute Gasteiger partial charge is 0.481 e. The molecule has 0 saturated carbocycles. The van der Waals surface area contributed by atoms with Crippen molar-refractivity contribution < 1.29 is 24.9 Å². The van der Waals surface area contributed by atoms with Crippen LogP contribution in [-0.4, -0.2) is 39.8 Å². The van der Waals surface area contributed by atoms with E-state index in [-0.39, 0.29) is 6.42 Å². The van der Waals surface area contributed by atoms with E-state index >= 15 is 0 Å². The molecule has 0 aliphatic carbocycles. The number of carboxylic acid groups (broad SMARTS) is 1. The lowest BCUT2D eigenvalue weighted by Gasteiger charge is -2.02. The van der Waals surface area contributed by atoms with Crippen LogP contribution in [0.2, 0.25) is 0 Å². The van der Waals surface area contributed by atoms with Gasteiger partial charge in [0.2, 0.25) is 0 Å². The van der Waals surface area contributed by atoms with Gasteiger partial charge in [-0.1, -0.05) is 48.6 Å². The van der Waals surface area contributed by atoms with Crippen molar-refractivity contribution in [3.63, 3.8) is 0 Å². The predicted octanol–water partition coefficient (Wildman–Crippen LogP) is 3.34. The summed E-state index contributed by atoms with van der Waals surface area (Å²) in [5, 5.41) is 27.9. The third-order valence-corrected chi connectivity index (χ3v) is 3.38. The van der Waals surface area contributed by atoms with Gasteiger partial charge >= 0.3 is 5.97 Å². The van der Waals surface area contributed by atoms with Crippen LogP contribution >= 0.6 is 0 Å². The number of carboxylic acids is 1. The maximum atomic E-state index is 10.3. The Hall–Kier alpha value is -1.98. The number of aliphatic hydroxyl groups is 2. The summed E-state index contributed by atoms with van der Waals surface area (Å²) in [7, 11) is 0. The highest BCUT2D eigenvalue weighted by Crippen LogP contribution is 2.03. The molecule has 5 heteroatoms. The van der Waals surface area contributed by atoms with Crippen molar-refractivity contribution in [3.8, 4) is 0 Å². The maximum absolute atomic E-state index is 10.3. The van der Waals surface area contributed by atoms with E-state index in [0.29, 0.717) is 25.7 Å². The first kappa shape index (κ1) is 23.0. The zero-order chi connectivity index (χ0) is 18.8. The highest BCUT2D eigenvalue weighted by molar-refractivity contribution is 5.66. The summed E-state index contributed by atoms with van der Waals surface area (Å²) < 4.78 is 0. The van der Waals surface area contributed by atoms with Gasteiger partial charge in [0.05, 0.1) is 12.2 Å². The highest BCUT2D eigenvalue weighted by Gasteiger charge is 2.01. The zero-order valence-corrected chi connectivity index (χ0v) is 14.7. The van der Waals surface area contributed by atoms with Crippen molar-refractivity contribution in [3.05, 3.63) is 48.6 Å². The lowest BCUT2D eigenvalue weighted by molar-refractivity contribution is -0.137. The van der Waals surface area contributed by atoms with E-state index in [1.165, 1.54) is 0 Å². The van der Waals surface area contributed by atoms with Crippen LogP contribution in [0.4, 0.5) is 0 Å². The molecule has 0 heterocycles. The minimum Gasteiger partial charge on any atom is -0.481 e. The van der Waals surface area contributed by atoms with Crippen molar-refractivity contribution in [1.82, 2.24) is 0 Å². The third-order valence-electron chi connectivity index (χ3n) is 3.38. The summed E-state index contributed by atoms with van der Waals surface area (Å²) >= 11 is 0. The first-order chi connectivity index (χ1) is 12.1. The van der Waals surface area contributed by atoms with Gasteiger partial charge in [-0.25, -0.2) is 0 Å². The van der Waals surface area contributed by atoms with Crippen molar-refractivity contribution in [2.45, 2.75) is 63.6 Å². The van der Waals surface area contributed by atoms with E-state index in [9.17, 15) is 19.8 Å². The topological polar surface area (TPSA) is 94.8 Å². The van der Waals surface area contributed by atoms with E-state index in [2.05, 4.69) is 0 Å². The van der Waals surface area contributed by atoms with Crippen molar-refractivity contribution in [2.24, 2.45) is 0 Å². The van der Waals surface area contributed by atoms with Gasteiger partial charge < -0.3 is 20.1 Å². The molecule has 25 heavy (non-hydrogen) atoms. The van der Waals surface area contributed by atoms with Gasteiger partial charge in [0.15, 0.2) is 0 Å². The molecule has 0 aromatic carbocycles. The average Bonchev–Trinajstić information content (AvgIpc) is 2.56. The summed E-state index contributed by atoms with van der Waals surface area (Å²) in [5.41, 5.74) is 0. The maximum Gasteiger partial charge on any atom is 0.303 e. The van der Waals surface area contributed by atoms with Crippen LogP contribution < -0.4 is 0 Å². The number of hydrogen-bond donors (Lipinski definition) is 3. The molecular formula is C20H30O5. The molecule has 0 aliphatic rings. The van der Waals surface area contributed by atoms with Crippen molar-refractivity contribution in [2.75, 3.05) is 0 Å². The van der Waals surface area contributed by atoms with Gasteiger partial charge in [-0.15, -0.1) is 0 Å². The van der Waals surface area contributed by atoms with Gasteiger partial charge in [-0.3, -0.25) is 4.79 Å². The molecule has 0 fully saturated rings. The van der Waals surface area contributed by atoms with Crippen LogP contribution in [0.25, 0.3) is 0 Å². The van der Waals surface area contributed by atoms with E-state index in [0.717, 1.165) is 25.5 Å². The molecule has 0 aromatic rings. The Labute approximate surface area is 150 Å². The highest BCUT2D eigenvalue weighted by atomic mass is 16.4. The van der Waals surface area contributed by atoms with Crippen LogP contribution in [0, 0.1) is 0 Å². The molecule has 0 rings (SSSR count). The fourth-order valence-electron chi connectivity index (χ4n) is 1.99. The minimum absolute atomic E-state index is 0.0640. The molecule has 0 bridgehead atoms. The Morgan fingerprint density at radius 3 is 2.12 bits per heavy atom. The quantitative estimate of drug-likeness (QED) is 0.182. The number of aliphatic hydroxyl groups excluding tert-OH is 2. The molecule has 0 amide bonds. The second-order valence-electron chi connectivity index (χ2n) is 5.73. The van der Waals surface area contributed by atoms with Gasteiger partial charge in [-0.2, -0.15) is 0 Å². The molecule has 5 nitrogen and oxygen atoms in total. The van der Waals surface area contributed by atoms with E-state index in [1.807, 2.05) is 12.2 Å². The Kier molecular flexibility index (Phi) is 15.5. The lowest BCUT2D eigenvalue weighted by atomic mass is 10.1. The second-order valence-corrected chi connectivity index (χ2v) is 5.73. The number of rotatable bonds is 15. The van der Waals surface area contributed by atoms with Gasteiger partial charge in [0.1, 0.15) is 6.29 Å². The SMILES string of the molecule is O=CCCCCC=CCC(O)C=CC=CC=CC(O)CCCC(=O)O. The van der Waals surface area contributed by atoms with Crippen LogP contribution in [0.3, 0.4) is 0 Å². The Morgan fingerprint density at radius 1 is 0.840 bits per heavy atom. The lowest BCUT2D eigenvalue weighted by Crippen LogP contribution is -2.03. The molecule has 2 unspecified atom stereocenters. The Balaban J connectivity index is 3.80. The van der Waals surface area contributed by atoms with Crippen LogP contribution in [0.15, 0.2) is 48.6 Å². The first-order valence-electron chi connectivity index (χ1n) is 8.74. The molecule has 140 valence electrons. The van der Waals surface area contributed by atoms with Gasteiger partial charge in [-0.05, 0) is 38.5 Å². The standard InChI is InChI=1S/C20H30O5/c21-17-10-6-2-1-3-7-12-18(22)13-8-4-5-9-14-19(23)15-11-16-20(24)25/h3-5,7-9,13-14,17-19,22-23H,1-2,6,10-12,15-16H2,(H,24,25). The number of carbonyl (C=O) groups is 2. The number of allylic oxidation sites excluding steroid dienone is 5. The first-order valence-corrected chi connectivity index (χ1v) is 8.74. The molecule has 2 atom stereocenters. The average molecular weight is 350 g/mol. The fourth-order valence-corrected chi connectivity index (χ4v) is 1.99. The summed E-state index contributed by atoms with van der Waals surface area (Å²) in [6, 6.07) is 0. The predicted molar refractivity (Wildman–Crippen MR) is 99.2 cm³/mol. The van der Waals surface area contributed by atoms with E-state index in [4.69, 9.17) is 5.11 Å². The van der Waals surface area contributed by atoms with Crippen LogP contribution in [-0.2, 0) is 9.59 Å². The second kappa shape index (κ2) is 16.9. The minimum atomic E-state index is -0.854. The summed E-state index contributed by atoms with van der Waals surface area (Å²) in [5.74, 6) is -0.854. The van der Waals surface area contributed by atoms with Gasteiger partial charge in [0.25, 0.3) is 0 Å². The number of carbonyl (C=O) groups excluding carboxylic acids is 1. The normalized spacial score (nSPS) is 14.8. The number of unbranched alkanes of at least 4 members (excludes halogenated alkanes) is 3. The Morgan fingerprint density at radius 2 is 1.48 bits per heavy atom. The van der Waals surface area contributed by atoms with Gasteiger partial charge in [0, 0.05) is 12.8 Å². The molecule has 0 saturated heterocycles. The zero-order valence-electron chi connectivity index (χ0n) is 14.7. The van der Waals surface area contributed by atoms with Crippen LogP contribution in [0.1, 0.15) is 51.4 Å². The number of hydrogen-bond acceptors (Lipinski definition) is 4. The summed E-state index contributed by atoms with van der Waals surface area (Å²) in [6.45, 7) is 0. The van der Waals surface area contributed by atoms with Crippen molar-refractivity contribution >= 4 is 12.3 Å². The Bertz CT molecular complexity index is 463. The van der Waals surface area contributed by atoms with Crippen LogP contribution in [0.5, 0.6) is 0 Å². The number of aldehydes is 1. The smallest absolute Gasteiger partial charge is 0.303 e. The van der Waals surface area contributed by atoms with E-state index < -0.39 is 18.2 Å². The van der Waals surface area contributed by atoms with E-state index in [1.54, 1.807) is 36.5 Å². The summed E-state index contributed by atoms with van der Waals surface area (Å²) in [4.78, 5) is 20.5. The number of aliphatic carboxylic acids is 1. The monoisotopic (exact) mass is 350 g/mol. The molecular weight excluding hydrogens is 320 g/mol. The fraction of sp³-hybridized carbons (Fsp3) is 0.500. The molecule has 0 aromatic heterocycles. The third kappa shape index (κ3) is 18.2. The van der Waals surface area contributed by atoms with Crippen molar-refractivity contribution in [1.29, 1.82) is 0 Å². The molecule has 0 aliphatic heterocycles.